The molecule has 0 saturated heterocycles. The van der Waals surface area contributed by atoms with E-state index in [2.05, 4.69) is 236 Å². The van der Waals surface area contributed by atoms with Gasteiger partial charge in [-0.2, -0.15) is 5.26 Å². The van der Waals surface area contributed by atoms with Crippen LogP contribution in [0.2, 0.25) is 0 Å². The Bertz CT molecular complexity index is 4060. The van der Waals surface area contributed by atoms with E-state index in [4.69, 9.17) is 0 Å². The Labute approximate surface area is 408 Å². The summed E-state index contributed by atoms with van der Waals surface area (Å²) < 4.78 is 7.16. The molecule has 5 aromatic heterocycles. The van der Waals surface area contributed by atoms with Crippen LogP contribution in [0.15, 0.2) is 243 Å². The van der Waals surface area contributed by atoms with E-state index >= 15 is 0 Å². The molecule has 0 saturated carbocycles. The van der Waals surface area contributed by atoms with Crippen molar-refractivity contribution in [3.05, 3.63) is 249 Å². The van der Waals surface area contributed by atoms with E-state index in [1.165, 1.54) is 10.8 Å². The molecule has 6 heteroatoms. The Hall–Kier alpha value is -9.83. The maximum atomic E-state index is 11.7. The van der Waals surface area contributed by atoms with Crippen molar-refractivity contribution in [2.24, 2.45) is 0 Å². The highest BCUT2D eigenvalue weighted by molar-refractivity contribution is 6.16. The molecule has 0 atom stereocenters. The van der Waals surface area contributed by atoms with Crippen molar-refractivity contribution in [1.82, 2.24) is 23.7 Å². The first kappa shape index (κ1) is 40.3. The van der Waals surface area contributed by atoms with E-state index in [0.29, 0.717) is 5.56 Å². The van der Waals surface area contributed by atoms with Crippen LogP contribution in [0, 0.1) is 11.3 Å². The number of pyridine rings is 2. The van der Waals surface area contributed by atoms with Crippen molar-refractivity contribution in [3.63, 3.8) is 0 Å². The van der Waals surface area contributed by atoms with Gasteiger partial charge in [0.15, 0.2) is 0 Å². The van der Waals surface area contributed by atoms with Crippen LogP contribution >= 0.6 is 0 Å². The highest BCUT2D eigenvalue weighted by atomic mass is 15.0. The van der Waals surface area contributed by atoms with Crippen molar-refractivity contribution in [1.29, 1.82) is 5.26 Å². The second-order valence-electron chi connectivity index (χ2n) is 18.0. The number of hydrogen-bond acceptors (Lipinski definition) is 3. The number of fused-ring (bicyclic) bond motifs is 9. The molecule has 0 aliphatic rings. The first-order valence-electron chi connectivity index (χ1n) is 23.9. The topological polar surface area (TPSA) is 64.4 Å². The molecule has 0 bridgehead atoms. The predicted molar refractivity (Wildman–Crippen MR) is 292 cm³/mol. The normalized spacial score (nSPS) is 11.6. The molecule has 0 N–H and O–H groups in total. The van der Waals surface area contributed by atoms with Crippen LogP contribution in [0.1, 0.15) is 5.56 Å². The smallest absolute Gasteiger partial charge is 0.100 e. The molecule has 6 nitrogen and oxygen atoms in total. The van der Waals surface area contributed by atoms with Gasteiger partial charge in [-0.3, -0.25) is 9.97 Å². The number of benzene rings is 9. The number of rotatable bonds is 7. The second kappa shape index (κ2) is 16.2. The van der Waals surface area contributed by atoms with Gasteiger partial charge in [0, 0.05) is 78.3 Å². The van der Waals surface area contributed by atoms with Gasteiger partial charge in [-0.15, -0.1) is 0 Å². The van der Waals surface area contributed by atoms with Crippen LogP contribution in [0.25, 0.3) is 127 Å². The van der Waals surface area contributed by atoms with Gasteiger partial charge in [0.05, 0.1) is 56.7 Å². The molecule has 0 aliphatic carbocycles. The Balaban J connectivity index is 1.20. The zero-order valence-corrected chi connectivity index (χ0v) is 38.3. The number of aromatic nitrogens is 5. The zero-order chi connectivity index (χ0) is 47.0. The van der Waals surface area contributed by atoms with Crippen LogP contribution in [-0.2, 0) is 0 Å². The zero-order valence-electron chi connectivity index (χ0n) is 38.3. The molecule has 5 heterocycles. The molecule has 0 radical (unpaired) electrons. The highest BCUT2D eigenvalue weighted by Crippen LogP contribution is 2.52. The third kappa shape index (κ3) is 6.14. The highest BCUT2D eigenvalue weighted by Gasteiger charge is 2.31. The summed E-state index contributed by atoms with van der Waals surface area (Å²) in [6.07, 6.45) is 7.70. The van der Waals surface area contributed by atoms with Crippen molar-refractivity contribution >= 4 is 65.4 Å². The number of para-hydroxylation sites is 2. The fraction of sp³-hybridized carbons (Fsp3) is 0. The Morgan fingerprint density at radius 1 is 0.310 bits per heavy atom. The van der Waals surface area contributed by atoms with Crippen LogP contribution in [-0.4, -0.2) is 23.7 Å². The minimum absolute atomic E-state index is 0.620. The lowest BCUT2D eigenvalue weighted by molar-refractivity contribution is 1.15. The van der Waals surface area contributed by atoms with Gasteiger partial charge in [-0.05, 0) is 82.9 Å². The fourth-order valence-corrected chi connectivity index (χ4v) is 11.3. The molecule has 9 aromatic carbocycles. The van der Waals surface area contributed by atoms with E-state index in [9.17, 15) is 5.26 Å². The summed E-state index contributed by atoms with van der Waals surface area (Å²) in [4.78, 5) is 9.28. The maximum absolute atomic E-state index is 11.7. The summed E-state index contributed by atoms with van der Waals surface area (Å²) >= 11 is 0. The van der Waals surface area contributed by atoms with Gasteiger partial charge >= 0.3 is 0 Å². The summed E-state index contributed by atoms with van der Waals surface area (Å²) in [6, 6.07) is 80.1. The van der Waals surface area contributed by atoms with Crippen LogP contribution in [0.5, 0.6) is 0 Å². The molecule has 14 rings (SSSR count). The van der Waals surface area contributed by atoms with Crippen LogP contribution in [0.3, 0.4) is 0 Å². The lowest BCUT2D eigenvalue weighted by Gasteiger charge is -2.27. The van der Waals surface area contributed by atoms with Crippen LogP contribution < -0.4 is 0 Å². The van der Waals surface area contributed by atoms with E-state index in [0.717, 1.165) is 116 Å². The minimum Gasteiger partial charge on any atom is -0.308 e. The van der Waals surface area contributed by atoms with Crippen molar-refractivity contribution in [2.75, 3.05) is 0 Å². The Morgan fingerprint density at radius 3 is 1.07 bits per heavy atom. The summed E-state index contributed by atoms with van der Waals surface area (Å²) in [5.74, 6) is 0. The van der Waals surface area contributed by atoms with Gasteiger partial charge in [-0.25, -0.2) is 0 Å². The van der Waals surface area contributed by atoms with E-state index < -0.39 is 0 Å². The van der Waals surface area contributed by atoms with Gasteiger partial charge in [0.25, 0.3) is 0 Å². The number of hydrogen-bond donors (Lipinski definition) is 0. The van der Waals surface area contributed by atoms with Gasteiger partial charge in [-0.1, -0.05) is 158 Å². The summed E-state index contributed by atoms with van der Waals surface area (Å²) in [6.45, 7) is 0. The SMILES string of the molecule is N#Cc1c(-c2ccccc2)c(-c2ccccc2)c(-n2c3ccc(-n4c5ccccc5c5ccncc54)cc3c3cc(-n4c5ccccc5c5ccncc54)ccc32)c(-c2ccccc2)c1-c1ccccc1. The van der Waals surface area contributed by atoms with Crippen molar-refractivity contribution < 1.29 is 0 Å². The molecule has 0 spiro atoms. The Morgan fingerprint density at radius 2 is 0.662 bits per heavy atom. The maximum Gasteiger partial charge on any atom is 0.100 e. The third-order valence-electron chi connectivity index (χ3n) is 14.3. The lowest BCUT2D eigenvalue weighted by Crippen LogP contribution is -2.07. The third-order valence-corrected chi connectivity index (χ3v) is 14.3. The van der Waals surface area contributed by atoms with E-state index in [1.54, 1.807) is 0 Å². The van der Waals surface area contributed by atoms with Gasteiger partial charge in [0.1, 0.15) is 6.07 Å². The number of nitriles is 1. The van der Waals surface area contributed by atoms with Crippen LogP contribution in [0.4, 0.5) is 0 Å². The molecule has 0 aliphatic heterocycles. The van der Waals surface area contributed by atoms with E-state index in [-0.39, 0.29) is 0 Å². The average Bonchev–Trinajstić information content (AvgIpc) is 4.08. The molecular formula is C65H40N6. The summed E-state index contributed by atoms with van der Waals surface area (Å²) in [7, 11) is 0. The minimum atomic E-state index is 0.620. The second-order valence-corrected chi connectivity index (χ2v) is 18.0. The fourth-order valence-electron chi connectivity index (χ4n) is 11.3. The first-order chi connectivity index (χ1) is 35.2. The lowest BCUT2D eigenvalue weighted by atomic mass is 9.79. The molecule has 0 unspecified atom stereocenters. The summed E-state index contributed by atoms with van der Waals surface area (Å²) in [5.41, 5.74) is 17.7. The Kier molecular flexibility index (Phi) is 9.16. The molecule has 71 heavy (non-hydrogen) atoms. The molecule has 0 amide bonds. The average molecular weight is 905 g/mol. The van der Waals surface area contributed by atoms with Gasteiger partial charge in [0.2, 0.25) is 0 Å². The number of nitrogens with zero attached hydrogens (tertiary/aromatic N) is 6. The molecule has 0 fully saturated rings. The first-order valence-corrected chi connectivity index (χ1v) is 23.9. The summed E-state index contributed by atoms with van der Waals surface area (Å²) in [5, 5.41) is 18.5. The molecule has 330 valence electrons. The molecule has 14 aromatic rings. The quantitative estimate of drug-likeness (QED) is 0.160. The molecular weight excluding hydrogens is 865 g/mol. The van der Waals surface area contributed by atoms with Crippen molar-refractivity contribution in [2.45, 2.75) is 0 Å². The monoisotopic (exact) mass is 904 g/mol. The van der Waals surface area contributed by atoms with E-state index in [1.807, 2.05) is 36.9 Å². The van der Waals surface area contributed by atoms with Crippen molar-refractivity contribution in [3.8, 4) is 67.6 Å². The standard InChI is InChI=1S/C65H40N6/c66-39-54-61(42-17-5-1-6-18-42)63(44-21-9-3-10-22-44)65(64(45-23-11-4-12-24-45)62(54)43-19-7-2-8-20-43)71-57-31-29-46(69-55-27-15-13-25-48(55)50-33-35-67-40-59(50)69)37-52(57)53-38-47(30-32-58(53)71)70-56-28-16-14-26-49(56)51-34-36-68-41-60(51)70/h1-38,40-41H. The largest absolute Gasteiger partial charge is 0.308 e. The predicted octanol–water partition coefficient (Wildman–Crippen LogP) is 16.3. The van der Waals surface area contributed by atoms with Gasteiger partial charge < -0.3 is 13.7 Å².